The van der Waals surface area contributed by atoms with Crippen LogP contribution in [-0.4, -0.2) is 48.7 Å². The van der Waals surface area contributed by atoms with Gasteiger partial charge in [-0.05, 0) is 39.2 Å². The fourth-order valence-corrected chi connectivity index (χ4v) is 3.78. The average Bonchev–Trinajstić information content (AvgIpc) is 3.08. The second-order valence-electron chi connectivity index (χ2n) is 7.71. The lowest BCUT2D eigenvalue weighted by Gasteiger charge is -2.37. The summed E-state index contributed by atoms with van der Waals surface area (Å²) in [6, 6.07) is 3.56. The van der Waals surface area contributed by atoms with Crippen molar-refractivity contribution in [2.45, 2.75) is 45.2 Å². The average molecular weight is 398 g/mol. The van der Waals surface area contributed by atoms with Crippen LogP contribution in [0.5, 0.6) is 0 Å². The molecule has 1 saturated heterocycles. The van der Waals surface area contributed by atoms with Gasteiger partial charge in [0.15, 0.2) is 5.65 Å². The molecule has 4 heterocycles. The zero-order valence-corrected chi connectivity index (χ0v) is 16.9. The summed E-state index contributed by atoms with van der Waals surface area (Å²) in [5, 5.41) is 12.4. The Morgan fingerprint density at radius 2 is 2.10 bits per heavy atom. The van der Waals surface area contributed by atoms with Crippen LogP contribution in [0.1, 0.15) is 39.2 Å². The maximum Gasteiger partial charge on any atom is 0.267 e. The minimum absolute atomic E-state index is 0.00344. The monoisotopic (exact) mass is 398 g/mol. The summed E-state index contributed by atoms with van der Waals surface area (Å²) in [6.07, 6.45) is 4.71. The van der Waals surface area contributed by atoms with Crippen molar-refractivity contribution in [2.24, 2.45) is 7.05 Å². The van der Waals surface area contributed by atoms with Gasteiger partial charge in [-0.3, -0.25) is 19.3 Å². The molecule has 1 fully saturated rings. The highest BCUT2D eigenvalue weighted by Gasteiger charge is 2.24. The van der Waals surface area contributed by atoms with Gasteiger partial charge in [0.2, 0.25) is 5.95 Å². The topological polar surface area (TPSA) is 114 Å². The molecule has 3 aromatic rings. The Labute approximate surface area is 167 Å². The number of fused-ring (bicyclic) bond motifs is 1. The number of hydrogen-bond donors (Lipinski definition) is 2. The molecule has 0 amide bonds. The number of nitrogens with one attached hydrogen (secondary N) is 2. The largest absolute Gasteiger partial charge is 0.354 e. The van der Waals surface area contributed by atoms with Crippen molar-refractivity contribution >= 4 is 22.8 Å². The van der Waals surface area contributed by atoms with Gasteiger partial charge in [-0.25, -0.2) is 4.68 Å². The van der Waals surface area contributed by atoms with Gasteiger partial charge >= 0.3 is 0 Å². The Balaban J connectivity index is 1.56. The number of anilines is 2. The number of rotatable bonds is 5. The van der Waals surface area contributed by atoms with Crippen molar-refractivity contribution < 1.29 is 0 Å². The Morgan fingerprint density at radius 3 is 2.90 bits per heavy atom. The lowest BCUT2D eigenvalue weighted by Crippen LogP contribution is -2.45. The van der Waals surface area contributed by atoms with Crippen molar-refractivity contribution in [1.82, 2.24) is 29.5 Å². The van der Waals surface area contributed by atoms with E-state index in [2.05, 4.69) is 30.4 Å². The molecular weight excluding hydrogens is 372 g/mol. The highest BCUT2D eigenvalue weighted by Crippen LogP contribution is 2.23. The first-order valence-corrected chi connectivity index (χ1v) is 9.96. The Bertz CT molecular complexity index is 1130. The lowest BCUT2D eigenvalue weighted by atomic mass is 10.0. The maximum absolute atomic E-state index is 12.2. The molecule has 0 aromatic carbocycles. The predicted octanol–water partition coefficient (Wildman–Crippen LogP) is 1.27. The van der Waals surface area contributed by atoms with Gasteiger partial charge in [0.25, 0.3) is 11.1 Å². The van der Waals surface area contributed by atoms with E-state index in [1.165, 1.54) is 10.9 Å². The molecule has 154 valence electrons. The van der Waals surface area contributed by atoms with Crippen LogP contribution in [0.15, 0.2) is 27.9 Å². The summed E-state index contributed by atoms with van der Waals surface area (Å²) in [4.78, 5) is 33.8. The first-order chi connectivity index (χ1) is 13.9. The van der Waals surface area contributed by atoms with Crippen molar-refractivity contribution in [3.63, 3.8) is 0 Å². The molecule has 1 unspecified atom stereocenters. The van der Waals surface area contributed by atoms with E-state index in [1.807, 2.05) is 13.8 Å². The van der Waals surface area contributed by atoms with Gasteiger partial charge in [0.05, 0.1) is 12.2 Å². The number of aromatic nitrogens is 6. The van der Waals surface area contributed by atoms with Crippen molar-refractivity contribution in [2.75, 3.05) is 23.3 Å². The van der Waals surface area contributed by atoms with Gasteiger partial charge in [-0.15, -0.1) is 0 Å². The summed E-state index contributed by atoms with van der Waals surface area (Å²) in [5.41, 5.74) is 0.237. The van der Waals surface area contributed by atoms with Crippen LogP contribution in [0.2, 0.25) is 0 Å². The molecule has 0 bridgehead atoms. The van der Waals surface area contributed by atoms with Crippen LogP contribution in [0.4, 0.5) is 11.8 Å². The smallest absolute Gasteiger partial charge is 0.267 e. The number of aromatic amines is 1. The van der Waals surface area contributed by atoms with Crippen molar-refractivity contribution in [1.29, 1.82) is 0 Å². The molecule has 0 saturated carbocycles. The highest BCUT2D eigenvalue weighted by molar-refractivity contribution is 5.74. The van der Waals surface area contributed by atoms with E-state index in [-0.39, 0.29) is 23.2 Å². The summed E-state index contributed by atoms with van der Waals surface area (Å²) in [5.74, 6) is 1.23. The van der Waals surface area contributed by atoms with Crippen molar-refractivity contribution in [3.05, 3.63) is 39.0 Å². The highest BCUT2D eigenvalue weighted by atomic mass is 16.1. The molecule has 1 atom stereocenters. The third-order valence-electron chi connectivity index (χ3n) is 5.33. The maximum atomic E-state index is 12.2. The molecule has 10 heteroatoms. The van der Waals surface area contributed by atoms with Crippen LogP contribution < -0.4 is 21.3 Å². The summed E-state index contributed by atoms with van der Waals surface area (Å²) in [7, 11) is 1.76. The van der Waals surface area contributed by atoms with E-state index >= 15 is 0 Å². The quantitative estimate of drug-likeness (QED) is 0.665. The summed E-state index contributed by atoms with van der Waals surface area (Å²) < 4.78 is 3.10. The molecular formula is C19H26N8O2. The summed E-state index contributed by atoms with van der Waals surface area (Å²) in [6.45, 7) is 5.38. The normalized spacial score (nSPS) is 17.2. The molecule has 1 aliphatic heterocycles. The minimum atomic E-state index is -0.211. The first-order valence-electron chi connectivity index (χ1n) is 9.96. The molecule has 1 aliphatic rings. The van der Waals surface area contributed by atoms with Crippen LogP contribution in [0.3, 0.4) is 0 Å². The predicted molar refractivity (Wildman–Crippen MR) is 111 cm³/mol. The van der Waals surface area contributed by atoms with Gasteiger partial charge in [0, 0.05) is 32.2 Å². The molecule has 0 spiro atoms. The van der Waals surface area contributed by atoms with E-state index < -0.39 is 0 Å². The zero-order chi connectivity index (χ0) is 20.5. The Kier molecular flexibility index (Phi) is 5.08. The van der Waals surface area contributed by atoms with Gasteiger partial charge in [0.1, 0.15) is 11.2 Å². The molecule has 4 rings (SSSR count). The SMILES string of the molecule is CC(C)n1nc(N2CCCCC2CNc2nc3c(cnn3C)c(=O)[nH]2)ccc1=O. The zero-order valence-electron chi connectivity index (χ0n) is 16.9. The van der Waals surface area contributed by atoms with E-state index in [1.54, 1.807) is 23.9 Å². The van der Waals surface area contributed by atoms with Crippen LogP contribution >= 0.6 is 0 Å². The van der Waals surface area contributed by atoms with Gasteiger partial charge in [-0.2, -0.15) is 15.2 Å². The second-order valence-corrected chi connectivity index (χ2v) is 7.71. The van der Waals surface area contributed by atoms with Crippen LogP contribution in [0, 0.1) is 0 Å². The van der Waals surface area contributed by atoms with Crippen LogP contribution in [0.25, 0.3) is 11.0 Å². The number of hydrogen-bond acceptors (Lipinski definition) is 7. The Hall–Kier alpha value is -3.17. The molecule has 10 nitrogen and oxygen atoms in total. The molecule has 3 aromatic heterocycles. The minimum Gasteiger partial charge on any atom is -0.354 e. The number of H-pyrrole nitrogens is 1. The molecule has 2 N–H and O–H groups in total. The van der Waals surface area contributed by atoms with Crippen molar-refractivity contribution in [3.8, 4) is 0 Å². The number of piperidine rings is 1. The van der Waals surface area contributed by atoms with E-state index in [0.29, 0.717) is 23.5 Å². The standard InChI is InChI=1S/C19H26N8O2/c1-12(2)27-16(28)8-7-15(24-27)26-9-5-4-6-13(26)10-20-19-22-17-14(18(29)23-19)11-21-25(17)3/h7-8,11-13H,4-6,9-10H2,1-3H3,(H2,20,22,23,29). The fraction of sp³-hybridized carbons (Fsp3) is 0.526. The molecule has 0 aliphatic carbocycles. The lowest BCUT2D eigenvalue weighted by molar-refractivity contribution is 0.451. The van der Waals surface area contributed by atoms with E-state index in [9.17, 15) is 9.59 Å². The Morgan fingerprint density at radius 1 is 1.28 bits per heavy atom. The number of aryl methyl sites for hydroxylation is 1. The second kappa shape index (κ2) is 7.69. The van der Waals surface area contributed by atoms with Gasteiger partial charge in [-0.1, -0.05) is 0 Å². The van der Waals surface area contributed by atoms with Gasteiger partial charge < -0.3 is 10.2 Å². The fourth-order valence-electron chi connectivity index (χ4n) is 3.78. The third-order valence-corrected chi connectivity index (χ3v) is 5.33. The first kappa shape index (κ1) is 19.2. The third kappa shape index (κ3) is 3.74. The molecule has 29 heavy (non-hydrogen) atoms. The number of nitrogens with zero attached hydrogens (tertiary/aromatic N) is 6. The van der Waals surface area contributed by atoms with E-state index in [0.717, 1.165) is 31.6 Å². The molecule has 0 radical (unpaired) electrons. The summed E-state index contributed by atoms with van der Waals surface area (Å²) >= 11 is 0. The van der Waals surface area contributed by atoms with Crippen LogP contribution in [-0.2, 0) is 7.05 Å². The van der Waals surface area contributed by atoms with E-state index in [4.69, 9.17) is 0 Å².